The van der Waals surface area contributed by atoms with E-state index in [0.717, 1.165) is 0 Å². The van der Waals surface area contributed by atoms with Crippen molar-refractivity contribution in [2.45, 2.75) is 11.4 Å². The predicted octanol–water partition coefficient (Wildman–Crippen LogP) is 3.49. The molecule has 0 saturated carbocycles. The zero-order valence-corrected chi connectivity index (χ0v) is 14.8. The molecule has 0 bridgehead atoms. The predicted molar refractivity (Wildman–Crippen MR) is 90.0 cm³/mol. The van der Waals surface area contributed by atoms with Gasteiger partial charge < -0.3 is 9.47 Å². The lowest BCUT2D eigenvalue weighted by atomic mass is 10.2. The number of rotatable bonds is 6. The molecule has 23 heavy (non-hydrogen) atoms. The fourth-order valence-corrected chi connectivity index (χ4v) is 3.57. The van der Waals surface area contributed by atoms with Crippen LogP contribution >= 0.6 is 23.2 Å². The van der Waals surface area contributed by atoms with Crippen LogP contribution in [0.1, 0.15) is 5.56 Å². The topological polar surface area (TPSA) is 64.6 Å². The molecule has 0 spiro atoms. The summed E-state index contributed by atoms with van der Waals surface area (Å²) in [6.45, 7) is 0.0265. The zero-order chi connectivity index (χ0) is 17.0. The second-order valence-corrected chi connectivity index (χ2v) is 7.16. The molecule has 5 nitrogen and oxygen atoms in total. The fourth-order valence-electron chi connectivity index (χ4n) is 1.91. The smallest absolute Gasteiger partial charge is 0.244 e. The molecular weight excluding hydrogens is 361 g/mol. The molecule has 0 aliphatic rings. The molecule has 0 atom stereocenters. The molecule has 124 valence electrons. The summed E-state index contributed by atoms with van der Waals surface area (Å²) >= 11 is 11.9. The summed E-state index contributed by atoms with van der Waals surface area (Å²) in [6.07, 6.45) is 0. The van der Waals surface area contributed by atoms with Crippen molar-refractivity contribution in [1.82, 2.24) is 4.72 Å². The average Bonchev–Trinajstić information content (AvgIpc) is 2.53. The lowest BCUT2D eigenvalue weighted by Gasteiger charge is -2.12. The van der Waals surface area contributed by atoms with Crippen molar-refractivity contribution in [1.29, 1.82) is 0 Å². The molecule has 0 heterocycles. The number of halogens is 2. The molecule has 0 amide bonds. The minimum Gasteiger partial charge on any atom is -0.497 e. The van der Waals surface area contributed by atoms with E-state index in [2.05, 4.69) is 4.72 Å². The zero-order valence-electron chi connectivity index (χ0n) is 12.5. The molecule has 2 aromatic rings. The molecule has 8 heteroatoms. The van der Waals surface area contributed by atoms with Crippen molar-refractivity contribution in [3.8, 4) is 11.5 Å². The van der Waals surface area contributed by atoms with Gasteiger partial charge in [0.15, 0.2) is 0 Å². The molecule has 0 aromatic heterocycles. The number of ether oxygens (including phenoxy) is 2. The van der Waals surface area contributed by atoms with Crippen LogP contribution in [-0.2, 0) is 16.6 Å². The van der Waals surface area contributed by atoms with Crippen molar-refractivity contribution in [3.05, 3.63) is 52.0 Å². The summed E-state index contributed by atoms with van der Waals surface area (Å²) in [4.78, 5) is -0.00978. The van der Waals surface area contributed by atoms with Crippen molar-refractivity contribution in [2.75, 3.05) is 14.2 Å². The van der Waals surface area contributed by atoms with E-state index in [1.165, 1.54) is 26.4 Å². The lowest BCUT2D eigenvalue weighted by Crippen LogP contribution is -2.24. The molecule has 0 radical (unpaired) electrons. The van der Waals surface area contributed by atoms with Gasteiger partial charge in [-0.3, -0.25) is 0 Å². The first-order valence-electron chi connectivity index (χ1n) is 6.53. The molecule has 0 fully saturated rings. The van der Waals surface area contributed by atoms with Crippen molar-refractivity contribution >= 4 is 33.2 Å². The second kappa shape index (κ2) is 7.40. The van der Waals surface area contributed by atoms with E-state index < -0.39 is 10.0 Å². The second-order valence-electron chi connectivity index (χ2n) is 4.58. The van der Waals surface area contributed by atoms with Gasteiger partial charge in [-0.15, -0.1) is 0 Å². The van der Waals surface area contributed by atoms with Crippen LogP contribution in [-0.4, -0.2) is 22.6 Å². The molecule has 1 N–H and O–H groups in total. The lowest BCUT2D eigenvalue weighted by molar-refractivity contribution is 0.392. The quantitative estimate of drug-likeness (QED) is 0.838. The number of benzene rings is 2. The van der Waals surface area contributed by atoms with Gasteiger partial charge >= 0.3 is 0 Å². The van der Waals surface area contributed by atoms with Gasteiger partial charge in [0.25, 0.3) is 0 Å². The molecule has 2 aromatic carbocycles. The molecule has 0 saturated heterocycles. The maximum absolute atomic E-state index is 12.5. The molecule has 2 rings (SSSR count). The fraction of sp³-hybridized carbons (Fsp3) is 0.200. The number of methoxy groups -OCH3 is 2. The van der Waals surface area contributed by atoms with Gasteiger partial charge in [-0.05, 0) is 29.8 Å². The van der Waals surface area contributed by atoms with Crippen LogP contribution in [0.25, 0.3) is 0 Å². The third kappa shape index (κ3) is 4.29. The van der Waals surface area contributed by atoms with Crippen molar-refractivity contribution < 1.29 is 17.9 Å². The summed E-state index contributed by atoms with van der Waals surface area (Å²) in [5.74, 6) is 0.635. The first kappa shape index (κ1) is 17.9. The maximum atomic E-state index is 12.5. The van der Waals surface area contributed by atoms with Crippen LogP contribution in [0.4, 0.5) is 0 Å². The van der Waals surface area contributed by atoms with E-state index in [9.17, 15) is 8.42 Å². The van der Waals surface area contributed by atoms with Gasteiger partial charge in [0.05, 0.1) is 14.2 Å². The highest BCUT2D eigenvalue weighted by molar-refractivity contribution is 7.89. The highest BCUT2D eigenvalue weighted by Crippen LogP contribution is 2.28. The Bertz CT molecular complexity index is 809. The van der Waals surface area contributed by atoms with Gasteiger partial charge in [0, 0.05) is 22.7 Å². The number of hydrogen-bond acceptors (Lipinski definition) is 4. The molecule has 0 aliphatic carbocycles. The maximum Gasteiger partial charge on any atom is 0.244 e. The van der Waals surface area contributed by atoms with E-state index >= 15 is 0 Å². The normalized spacial score (nSPS) is 11.3. The Kier molecular flexibility index (Phi) is 5.75. The standard InChI is InChI=1S/C15H15Cl2NO4S/c1-21-12-5-6-14(22-2)15(8-12)23(19,20)18-9-10-3-4-11(16)7-13(10)17/h3-8,18H,9H2,1-2H3. The van der Waals surface area contributed by atoms with E-state index in [-0.39, 0.29) is 17.2 Å². The van der Waals surface area contributed by atoms with Crippen LogP contribution < -0.4 is 14.2 Å². The van der Waals surface area contributed by atoms with E-state index in [0.29, 0.717) is 21.4 Å². The van der Waals surface area contributed by atoms with Gasteiger partial charge in [0.2, 0.25) is 10.0 Å². The average molecular weight is 376 g/mol. The number of hydrogen-bond donors (Lipinski definition) is 1. The van der Waals surface area contributed by atoms with Crippen molar-refractivity contribution in [3.63, 3.8) is 0 Å². The summed E-state index contributed by atoms with van der Waals surface area (Å²) in [7, 11) is -0.950. The van der Waals surface area contributed by atoms with Crippen LogP contribution in [0.15, 0.2) is 41.3 Å². The Labute approximate surface area is 145 Å². The third-order valence-electron chi connectivity index (χ3n) is 3.13. The summed E-state index contributed by atoms with van der Waals surface area (Å²) < 4.78 is 37.7. The Hall–Kier alpha value is -1.47. The Morgan fingerprint density at radius 1 is 1.04 bits per heavy atom. The van der Waals surface area contributed by atoms with Gasteiger partial charge in [0.1, 0.15) is 16.4 Å². The van der Waals surface area contributed by atoms with Crippen LogP contribution in [0.3, 0.4) is 0 Å². The largest absolute Gasteiger partial charge is 0.497 e. The summed E-state index contributed by atoms with van der Waals surface area (Å²) in [5, 5.41) is 0.869. The first-order valence-corrected chi connectivity index (χ1v) is 8.77. The minimum absolute atomic E-state index is 0.00978. The van der Waals surface area contributed by atoms with Crippen molar-refractivity contribution in [2.24, 2.45) is 0 Å². The molecule has 0 unspecified atom stereocenters. The molecular formula is C15H15Cl2NO4S. The van der Waals surface area contributed by atoms with Crippen LogP contribution in [0.5, 0.6) is 11.5 Å². The van der Waals surface area contributed by atoms with Gasteiger partial charge in [-0.1, -0.05) is 29.3 Å². The molecule has 0 aliphatic heterocycles. The van der Waals surface area contributed by atoms with Crippen LogP contribution in [0, 0.1) is 0 Å². The Morgan fingerprint density at radius 2 is 1.78 bits per heavy atom. The minimum atomic E-state index is -3.81. The number of sulfonamides is 1. The van der Waals surface area contributed by atoms with Crippen LogP contribution in [0.2, 0.25) is 10.0 Å². The summed E-state index contributed by atoms with van der Waals surface area (Å²) in [5.41, 5.74) is 0.613. The van der Waals surface area contributed by atoms with E-state index in [4.69, 9.17) is 32.7 Å². The van der Waals surface area contributed by atoms with E-state index in [1.54, 1.807) is 24.3 Å². The Morgan fingerprint density at radius 3 is 2.39 bits per heavy atom. The van der Waals surface area contributed by atoms with Gasteiger partial charge in [-0.25, -0.2) is 13.1 Å². The van der Waals surface area contributed by atoms with Gasteiger partial charge in [-0.2, -0.15) is 0 Å². The monoisotopic (exact) mass is 375 g/mol. The SMILES string of the molecule is COc1ccc(OC)c(S(=O)(=O)NCc2ccc(Cl)cc2Cl)c1. The Balaban J connectivity index is 2.28. The third-order valence-corrected chi connectivity index (χ3v) is 5.14. The summed E-state index contributed by atoms with van der Waals surface area (Å²) in [6, 6.07) is 9.40. The number of nitrogens with one attached hydrogen (secondary N) is 1. The van der Waals surface area contributed by atoms with E-state index in [1.807, 2.05) is 0 Å². The highest BCUT2D eigenvalue weighted by Gasteiger charge is 2.20. The first-order chi connectivity index (χ1) is 10.9. The highest BCUT2D eigenvalue weighted by atomic mass is 35.5.